The van der Waals surface area contributed by atoms with E-state index >= 15 is 0 Å². The molecule has 1 heterocycles. The maximum atomic E-state index is 11.0. The molecule has 0 aliphatic carbocycles. The van der Waals surface area contributed by atoms with Gasteiger partial charge in [0.25, 0.3) is 0 Å². The second kappa shape index (κ2) is 5.21. The summed E-state index contributed by atoms with van der Waals surface area (Å²) >= 11 is 0. The topological polar surface area (TPSA) is 49.3 Å². The van der Waals surface area contributed by atoms with Gasteiger partial charge in [-0.15, -0.1) is 0 Å². The first-order chi connectivity index (χ1) is 9.74. The molecule has 0 bridgehead atoms. The molecular weight excluding hydrogens is 250 g/mol. The average Bonchev–Trinajstić information content (AvgIpc) is 2.98. The van der Waals surface area contributed by atoms with Gasteiger partial charge >= 0.3 is 5.97 Å². The van der Waals surface area contributed by atoms with Crippen LogP contribution in [0.4, 0.5) is 0 Å². The summed E-state index contributed by atoms with van der Waals surface area (Å²) in [5.41, 5.74) is 4.41. The van der Waals surface area contributed by atoms with Crippen LogP contribution >= 0.6 is 0 Å². The summed E-state index contributed by atoms with van der Waals surface area (Å²) in [5, 5.41) is 11.9. The van der Waals surface area contributed by atoms with Crippen molar-refractivity contribution < 1.29 is 9.90 Å². The highest BCUT2D eigenvalue weighted by atomic mass is 16.4. The Morgan fingerprint density at radius 1 is 1.00 bits per heavy atom. The molecule has 20 heavy (non-hydrogen) atoms. The van der Waals surface area contributed by atoms with Crippen molar-refractivity contribution in [3.05, 3.63) is 66.4 Å². The second-order valence-corrected chi connectivity index (χ2v) is 4.88. The summed E-state index contributed by atoms with van der Waals surface area (Å²) in [4.78, 5) is 11.0. The Balaban J connectivity index is 1.88. The van der Waals surface area contributed by atoms with Crippen molar-refractivity contribution in [1.82, 2.24) is 5.32 Å². The Kier molecular flexibility index (Phi) is 3.25. The fourth-order valence-corrected chi connectivity index (χ4v) is 2.43. The summed E-state index contributed by atoms with van der Waals surface area (Å²) in [6.07, 6.45) is 2.33. The van der Waals surface area contributed by atoms with E-state index in [0.29, 0.717) is 6.42 Å². The molecule has 1 atom stereocenters. The fraction of sp³-hybridized carbons (Fsp3) is 0.118. The number of hydrogen-bond acceptors (Lipinski definition) is 2. The molecule has 1 aliphatic heterocycles. The first-order valence-corrected chi connectivity index (χ1v) is 6.58. The fourth-order valence-electron chi connectivity index (χ4n) is 2.43. The first-order valence-electron chi connectivity index (χ1n) is 6.58. The molecule has 0 saturated carbocycles. The SMILES string of the molecule is O=C(O)C1CC(c2cccc(-c3ccccc3)c2)=CN1. The van der Waals surface area contributed by atoms with Gasteiger partial charge in [-0.1, -0.05) is 48.5 Å². The van der Waals surface area contributed by atoms with Crippen LogP contribution in [0.25, 0.3) is 16.7 Å². The number of nitrogens with one attached hydrogen (secondary N) is 1. The molecule has 2 aromatic carbocycles. The Morgan fingerprint density at radius 3 is 2.40 bits per heavy atom. The predicted molar refractivity (Wildman–Crippen MR) is 79.0 cm³/mol. The van der Waals surface area contributed by atoms with Crippen molar-refractivity contribution in [1.29, 1.82) is 0 Å². The van der Waals surface area contributed by atoms with Crippen LogP contribution in [-0.4, -0.2) is 17.1 Å². The number of aliphatic carboxylic acids is 1. The van der Waals surface area contributed by atoms with Crippen LogP contribution in [0.5, 0.6) is 0 Å². The van der Waals surface area contributed by atoms with Gasteiger partial charge in [-0.05, 0) is 28.3 Å². The molecule has 0 spiro atoms. The second-order valence-electron chi connectivity index (χ2n) is 4.88. The Labute approximate surface area is 117 Å². The molecule has 0 saturated heterocycles. The van der Waals surface area contributed by atoms with Gasteiger partial charge in [-0.3, -0.25) is 0 Å². The van der Waals surface area contributed by atoms with Crippen LogP contribution in [0.2, 0.25) is 0 Å². The standard InChI is InChI=1S/C17H15NO2/c19-17(20)16-10-15(11-18-16)14-8-4-7-13(9-14)12-5-2-1-3-6-12/h1-9,11,16,18H,10H2,(H,19,20). The van der Waals surface area contributed by atoms with Gasteiger partial charge in [-0.2, -0.15) is 0 Å². The highest BCUT2D eigenvalue weighted by Crippen LogP contribution is 2.28. The molecule has 0 fully saturated rings. The predicted octanol–water partition coefficient (Wildman–Crippen LogP) is 3.14. The summed E-state index contributed by atoms with van der Waals surface area (Å²) < 4.78 is 0. The average molecular weight is 265 g/mol. The van der Waals surface area contributed by atoms with Crippen LogP contribution in [0.1, 0.15) is 12.0 Å². The highest BCUT2D eigenvalue weighted by Gasteiger charge is 2.23. The van der Waals surface area contributed by atoms with Crippen molar-refractivity contribution in [2.75, 3.05) is 0 Å². The molecule has 3 heteroatoms. The van der Waals surface area contributed by atoms with Gasteiger partial charge in [0.15, 0.2) is 0 Å². The molecule has 2 N–H and O–H groups in total. The minimum absolute atomic E-state index is 0.509. The number of carboxylic acids is 1. The number of hydrogen-bond donors (Lipinski definition) is 2. The Morgan fingerprint density at radius 2 is 1.70 bits per heavy atom. The molecule has 3 nitrogen and oxygen atoms in total. The van der Waals surface area contributed by atoms with Crippen molar-refractivity contribution >= 4 is 11.5 Å². The Hall–Kier alpha value is -2.55. The maximum Gasteiger partial charge on any atom is 0.326 e. The first kappa shape index (κ1) is 12.5. The van der Waals surface area contributed by atoms with E-state index in [4.69, 9.17) is 5.11 Å². The monoisotopic (exact) mass is 265 g/mol. The van der Waals surface area contributed by atoms with Gasteiger partial charge in [0, 0.05) is 12.6 Å². The quantitative estimate of drug-likeness (QED) is 0.896. The summed E-state index contributed by atoms with van der Waals surface area (Å²) in [7, 11) is 0. The summed E-state index contributed by atoms with van der Waals surface area (Å²) in [6, 6.07) is 17.8. The smallest absolute Gasteiger partial charge is 0.326 e. The van der Waals surface area contributed by atoms with E-state index < -0.39 is 12.0 Å². The number of benzene rings is 2. The van der Waals surface area contributed by atoms with E-state index in [1.165, 1.54) is 0 Å². The third kappa shape index (κ3) is 2.43. The van der Waals surface area contributed by atoms with Gasteiger partial charge in [0.2, 0.25) is 0 Å². The van der Waals surface area contributed by atoms with Crippen LogP contribution < -0.4 is 5.32 Å². The van der Waals surface area contributed by atoms with Gasteiger partial charge in [0.05, 0.1) is 0 Å². The number of carboxylic acid groups (broad SMARTS) is 1. The molecule has 0 aromatic heterocycles. The van der Waals surface area contributed by atoms with Crippen molar-refractivity contribution in [2.45, 2.75) is 12.5 Å². The molecule has 1 aliphatic rings. The lowest BCUT2D eigenvalue weighted by Crippen LogP contribution is -2.28. The molecule has 100 valence electrons. The molecule has 3 rings (SSSR count). The van der Waals surface area contributed by atoms with Crippen LogP contribution in [0.3, 0.4) is 0 Å². The zero-order valence-corrected chi connectivity index (χ0v) is 10.9. The van der Waals surface area contributed by atoms with E-state index in [0.717, 1.165) is 22.3 Å². The largest absolute Gasteiger partial charge is 0.480 e. The molecular formula is C17H15NO2. The van der Waals surface area contributed by atoms with Gasteiger partial charge < -0.3 is 10.4 Å². The van der Waals surface area contributed by atoms with Gasteiger partial charge in [-0.25, -0.2) is 4.79 Å². The zero-order chi connectivity index (χ0) is 13.9. The van der Waals surface area contributed by atoms with Crippen molar-refractivity contribution in [3.8, 4) is 11.1 Å². The number of rotatable bonds is 3. The van der Waals surface area contributed by atoms with Crippen LogP contribution in [-0.2, 0) is 4.79 Å². The normalized spacial score (nSPS) is 17.4. The van der Waals surface area contributed by atoms with Crippen molar-refractivity contribution in [2.24, 2.45) is 0 Å². The van der Waals surface area contributed by atoms with Crippen molar-refractivity contribution in [3.63, 3.8) is 0 Å². The minimum Gasteiger partial charge on any atom is -0.480 e. The van der Waals surface area contributed by atoms with E-state index in [1.807, 2.05) is 36.5 Å². The van der Waals surface area contributed by atoms with Crippen LogP contribution in [0, 0.1) is 0 Å². The highest BCUT2D eigenvalue weighted by molar-refractivity contribution is 5.82. The zero-order valence-electron chi connectivity index (χ0n) is 10.9. The lowest BCUT2D eigenvalue weighted by Gasteiger charge is -2.07. The summed E-state index contributed by atoms with van der Waals surface area (Å²) in [5.74, 6) is -0.810. The number of carbonyl (C=O) groups is 1. The third-order valence-corrected chi connectivity index (χ3v) is 3.52. The molecule has 0 amide bonds. The minimum atomic E-state index is -0.810. The van der Waals surface area contributed by atoms with E-state index in [-0.39, 0.29) is 0 Å². The maximum absolute atomic E-state index is 11.0. The lowest BCUT2D eigenvalue weighted by molar-refractivity contribution is -0.138. The lowest BCUT2D eigenvalue weighted by atomic mass is 9.97. The molecule has 0 radical (unpaired) electrons. The Bertz CT molecular complexity index is 662. The molecule has 2 aromatic rings. The third-order valence-electron chi connectivity index (χ3n) is 3.52. The molecule has 1 unspecified atom stereocenters. The van der Waals surface area contributed by atoms with E-state index in [9.17, 15) is 4.79 Å². The van der Waals surface area contributed by atoms with Gasteiger partial charge in [0.1, 0.15) is 6.04 Å². The van der Waals surface area contributed by atoms with E-state index in [1.54, 1.807) is 0 Å². The summed E-state index contributed by atoms with van der Waals surface area (Å²) in [6.45, 7) is 0. The van der Waals surface area contributed by atoms with E-state index in [2.05, 4.69) is 29.6 Å². The van der Waals surface area contributed by atoms with Crippen LogP contribution in [0.15, 0.2) is 60.8 Å².